The fraction of sp³-hybridized carbons (Fsp3) is 0.308. The van der Waals surface area contributed by atoms with Crippen molar-refractivity contribution < 1.29 is 33.8 Å². The highest BCUT2D eigenvalue weighted by atomic mass is 16.6. The summed E-state index contributed by atoms with van der Waals surface area (Å²) in [5.74, 6) is -3.30. The number of methoxy groups -OCH3 is 1. The third-order valence-electron chi connectivity index (χ3n) is 5.78. The standard InChI is InChI=1S/C26H28N2O8/c1-5-35-25(30)19-14-27(16(3)17-10-8-7-9-11-17)15-20(26(31)36-6-2)23(19)18-12-21(28(32)33)24(29)22(13-18)34-4/h7-16,23,29H,5-6H2,1-4H3/t16-/m0/s1. The van der Waals surface area contributed by atoms with E-state index in [1.54, 1.807) is 31.1 Å². The molecule has 0 saturated carbocycles. The van der Waals surface area contributed by atoms with Crippen molar-refractivity contribution in [1.29, 1.82) is 0 Å². The van der Waals surface area contributed by atoms with Crippen LogP contribution < -0.4 is 4.74 Å². The summed E-state index contributed by atoms with van der Waals surface area (Å²) in [4.78, 5) is 38.8. The highest BCUT2D eigenvalue weighted by Crippen LogP contribution is 2.45. The van der Waals surface area contributed by atoms with Crippen LogP contribution in [0.2, 0.25) is 0 Å². The Kier molecular flexibility index (Phi) is 8.31. The summed E-state index contributed by atoms with van der Waals surface area (Å²) >= 11 is 0. The summed E-state index contributed by atoms with van der Waals surface area (Å²) in [6.45, 7) is 5.36. The Labute approximate surface area is 208 Å². The summed E-state index contributed by atoms with van der Waals surface area (Å²) < 4.78 is 15.7. The van der Waals surface area contributed by atoms with E-state index in [0.29, 0.717) is 0 Å². The van der Waals surface area contributed by atoms with Crippen LogP contribution in [-0.4, -0.2) is 47.2 Å². The minimum absolute atomic E-state index is 0.0761. The molecular weight excluding hydrogens is 468 g/mol. The number of nitrogens with zero attached hydrogens (tertiary/aromatic N) is 2. The normalized spacial score (nSPS) is 14.4. The molecule has 0 saturated heterocycles. The molecule has 0 amide bonds. The summed E-state index contributed by atoms with van der Waals surface area (Å²) in [6.07, 6.45) is 3.13. The number of ether oxygens (including phenoxy) is 3. The highest BCUT2D eigenvalue weighted by Gasteiger charge is 2.38. The maximum Gasteiger partial charge on any atom is 0.336 e. The summed E-state index contributed by atoms with van der Waals surface area (Å²) in [5.41, 5.74) is 0.633. The van der Waals surface area contributed by atoms with Crippen molar-refractivity contribution in [3.8, 4) is 11.5 Å². The molecular formula is C26H28N2O8. The van der Waals surface area contributed by atoms with E-state index in [4.69, 9.17) is 14.2 Å². The summed E-state index contributed by atoms with van der Waals surface area (Å²) in [7, 11) is 1.25. The molecule has 1 aliphatic rings. The average molecular weight is 497 g/mol. The Morgan fingerprint density at radius 3 is 2.08 bits per heavy atom. The van der Waals surface area contributed by atoms with Gasteiger partial charge in [-0.15, -0.1) is 0 Å². The number of hydrogen-bond acceptors (Lipinski definition) is 9. The molecule has 0 radical (unpaired) electrons. The number of carbonyl (C=O) groups excluding carboxylic acids is 2. The van der Waals surface area contributed by atoms with Gasteiger partial charge in [0.2, 0.25) is 5.75 Å². The van der Waals surface area contributed by atoms with Crippen molar-refractivity contribution in [3.05, 3.63) is 87.3 Å². The molecule has 0 spiro atoms. The van der Waals surface area contributed by atoms with E-state index in [2.05, 4.69) is 0 Å². The number of rotatable bonds is 9. The van der Waals surface area contributed by atoms with Crippen LogP contribution in [0.4, 0.5) is 5.69 Å². The van der Waals surface area contributed by atoms with Crippen LogP contribution in [0.5, 0.6) is 11.5 Å². The first-order chi connectivity index (χ1) is 17.2. The number of carbonyl (C=O) groups is 2. The zero-order valence-electron chi connectivity index (χ0n) is 20.5. The molecule has 0 fully saturated rings. The Morgan fingerprint density at radius 1 is 1.06 bits per heavy atom. The maximum absolute atomic E-state index is 13.1. The van der Waals surface area contributed by atoms with E-state index in [1.165, 1.54) is 13.2 Å². The van der Waals surface area contributed by atoms with Gasteiger partial charge in [-0.1, -0.05) is 30.3 Å². The van der Waals surface area contributed by atoms with E-state index >= 15 is 0 Å². The van der Waals surface area contributed by atoms with E-state index in [1.807, 2.05) is 37.3 Å². The molecule has 0 bridgehead atoms. The quantitative estimate of drug-likeness (QED) is 0.306. The zero-order valence-corrected chi connectivity index (χ0v) is 20.5. The number of phenolic OH excluding ortho intramolecular Hbond substituents is 1. The van der Waals surface area contributed by atoms with E-state index in [-0.39, 0.29) is 41.7 Å². The SMILES string of the molecule is CCOC(=O)C1=CN([C@@H](C)c2ccccc2)C=C(C(=O)OCC)C1c1cc(OC)c(O)c([N+](=O)[O-])c1. The van der Waals surface area contributed by atoms with Gasteiger partial charge in [0.25, 0.3) is 0 Å². The van der Waals surface area contributed by atoms with Crippen LogP contribution in [0.1, 0.15) is 43.9 Å². The summed E-state index contributed by atoms with van der Waals surface area (Å²) in [5, 5.41) is 21.9. The Balaban J connectivity index is 2.25. The molecule has 190 valence electrons. The number of aromatic hydroxyl groups is 1. The van der Waals surface area contributed by atoms with Gasteiger partial charge >= 0.3 is 17.6 Å². The second kappa shape index (κ2) is 11.4. The number of benzene rings is 2. The molecule has 0 aromatic heterocycles. The second-order valence-corrected chi connectivity index (χ2v) is 7.92. The van der Waals surface area contributed by atoms with Gasteiger partial charge < -0.3 is 24.2 Å². The first-order valence-electron chi connectivity index (χ1n) is 11.4. The number of phenols is 1. The summed E-state index contributed by atoms with van der Waals surface area (Å²) in [6, 6.07) is 11.7. The highest BCUT2D eigenvalue weighted by molar-refractivity contribution is 5.98. The van der Waals surface area contributed by atoms with Gasteiger partial charge in [-0.25, -0.2) is 9.59 Å². The number of hydrogen-bond donors (Lipinski definition) is 1. The van der Waals surface area contributed by atoms with Crippen molar-refractivity contribution in [1.82, 2.24) is 4.90 Å². The van der Waals surface area contributed by atoms with Crippen LogP contribution in [-0.2, 0) is 19.1 Å². The molecule has 10 nitrogen and oxygen atoms in total. The van der Waals surface area contributed by atoms with Crippen molar-refractivity contribution in [3.63, 3.8) is 0 Å². The van der Waals surface area contributed by atoms with Crippen molar-refractivity contribution in [2.24, 2.45) is 0 Å². The minimum Gasteiger partial charge on any atom is -0.500 e. The first kappa shape index (κ1) is 26.3. The Hall–Kier alpha value is -4.34. The van der Waals surface area contributed by atoms with E-state index in [0.717, 1.165) is 11.6 Å². The molecule has 1 N–H and O–H groups in total. The Bertz CT molecular complexity index is 1170. The molecule has 10 heteroatoms. The van der Waals surface area contributed by atoms with Crippen molar-refractivity contribution in [2.75, 3.05) is 20.3 Å². The molecule has 3 rings (SSSR count). The third-order valence-corrected chi connectivity index (χ3v) is 5.78. The fourth-order valence-electron chi connectivity index (χ4n) is 4.01. The molecule has 36 heavy (non-hydrogen) atoms. The van der Waals surface area contributed by atoms with Crippen LogP contribution in [0.25, 0.3) is 0 Å². The molecule has 2 aromatic carbocycles. The Morgan fingerprint density at radius 2 is 1.61 bits per heavy atom. The number of nitro groups is 1. The van der Waals surface area contributed by atoms with Gasteiger partial charge in [0.15, 0.2) is 5.75 Å². The van der Waals surface area contributed by atoms with Gasteiger partial charge in [-0.2, -0.15) is 0 Å². The zero-order chi connectivity index (χ0) is 26.4. The minimum atomic E-state index is -1.07. The van der Waals surface area contributed by atoms with Gasteiger partial charge in [-0.3, -0.25) is 10.1 Å². The second-order valence-electron chi connectivity index (χ2n) is 7.92. The number of nitro benzene ring substituents is 1. The van der Waals surface area contributed by atoms with Gasteiger partial charge in [0.05, 0.1) is 48.4 Å². The lowest BCUT2D eigenvalue weighted by atomic mass is 9.82. The predicted molar refractivity (Wildman–Crippen MR) is 130 cm³/mol. The van der Waals surface area contributed by atoms with Crippen LogP contribution in [0.3, 0.4) is 0 Å². The lowest BCUT2D eigenvalue weighted by Gasteiger charge is -2.34. The lowest BCUT2D eigenvalue weighted by Crippen LogP contribution is -2.30. The monoisotopic (exact) mass is 496 g/mol. The molecule has 1 aliphatic heterocycles. The van der Waals surface area contributed by atoms with Gasteiger partial charge in [0, 0.05) is 18.5 Å². The first-order valence-corrected chi connectivity index (χ1v) is 11.4. The van der Waals surface area contributed by atoms with E-state index in [9.17, 15) is 24.8 Å². The van der Waals surface area contributed by atoms with Crippen molar-refractivity contribution in [2.45, 2.75) is 32.7 Å². The molecule has 0 aliphatic carbocycles. The molecule has 1 atom stereocenters. The van der Waals surface area contributed by atoms with Gasteiger partial charge in [-0.05, 0) is 38.0 Å². The predicted octanol–water partition coefficient (Wildman–Crippen LogP) is 4.36. The smallest absolute Gasteiger partial charge is 0.336 e. The fourth-order valence-corrected chi connectivity index (χ4v) is 4.01. The van der Waals surface area contributed by atoms with Crippen molar-refractivity contribution >= 4 is 17.6 Å². The van der Waals surface area contributed by atoms with Crippen LogP contribution in [0.15, 0.2) is 66.0 Å². The molecule has 1 heterocycles. The van der Waals surface area contributed by atoms with Crippen LogP contribution >= 0.6 is 0 Å². The number of esters is 2. The third kappa shape index (κ3) is 5.32. The molecule has 0 unspecified atom stereocenters. The van der Waals surface area contributed by atoms with E-state index < -0.39 is 34.2 Å². The average Bonchev–Trinajstić information content (AvgIpc) is 2.88. The molecule has 2 aromatic rings. The lowest BCUT2D eigenvalue weighted by molar-refractivity contribution is -0.386. The largest absolute Gasteiger partial charge is 0.500 e. The topological polar surface area (TPSA) is 128 Å². The van der Waals surface area contributed by atoms with Crippen LogP contribution in [0, 0.1) is 10.1 Å². The maximum atomic E-state index is 13.1. The van der Waals surface area contributed by atoms with Gasteiger partial charge in [0.1, 0.15) is 0 Å².